The zero-order valence-corrected chi connectivity index (χ0v) is 17.7. The van der Waals surface area contributed by atoms with Gasteiger partial charge < -0.3 is 9.31 Å². The molecule has 0 spiro atoms. The van der Waals surface area contributed by atoms with Gasteiger partial charge in [-0.1, -0.05) is 19.9 Å². The quantitative estimate of drug-likeness (QED) is 0.733. The summed E-state index contributed by atoms with van der Waals surface area (Å²) in [6, 6.07) is 0. The van der Waals surface area contributed by atoms with Crippen LogP contribution in [0.5, 0.6) is 0 Å². The number of rotatable bonds is 2. The highest BCUT2D eigenvalue weighted by Crippen LogP contribution is 2.50. The van der Waals surface area contributed by atoms with Gasteiger partial charge in [0.15, 0.2) is 0 Å². The molecule has 0 saturated carbocycles. The largest absolute Gasteiger partial charge is 0.494 e. The Labute approximate surface area is 167 Å². The number of fused-ring (bicyclic) bond motifs is 1. The third-order valence-corrected chi connectivity index (χ3v) is 6.70. The third kappa shape index (κ3) is 2.75. The minimum Gasteiger partial charge on any atom is -0.399 e. The summed E-state index contributed by atoms with van der Waals surface area (Å²) in [7, 11) is -0.437. The highest BCUT2D eigenvalue weighted by Gasteiger charge is 2.55. The van der Waals surface area contributed by atoms with Crippen molar-refractivity contribution in [3.63, 3.8) is 0 Å². The number of hydrogen-bond donors (Lipinski definition) is 0. The predicted molar refractivity (Wildman–Crippen MR) is 108 cm³/mol. The summed E-state index contributed by atoms with van der Waals surface area (Å²) in [6.45, 7) is 14.0. The summed E-state index contributed by atoms with van der Waals surface area (Å²) in [5, 5.41) is 0. The predicted octanol–water partition coefficient (Wildman–Crippen LogP) is 3.62. The van der Waals surface area contributed by atoms with E-state index >= 15 is 0 Å². The maximum absolute atomic E-state index is 13.3. The Morgan fingerprint density at radius 1 is 1.07 bits per heavy atom. The van der Waals surface area contributed by atoms with Crippen LogP contribution in [0.1, 0.15) is 53.8 Å². The minimum absolute atomic E-state index is 0.0692. The van der Waals surface area contributed by atoms with E-state index in [9.17, 15) is 4.79 Å². The van der Waals surface area contributed by atoms with Gasteiger partial charge in [-0.3, -0.25) is 9.69 Å². The average Bonchev–Trinajstić information content (AvgIpc) is 2.95. The van der Waals surface area contributed by atoms with Crippen molar-refractivity contribution in [2.24, 2.45) is 11.3 Å². The van der Waals surface area contributed by atoms with Crippen LogP contribution in [-0.2, 0) is 14.1 Å². The Bertz CT molecular complexity index is 871. The lowest BCUT2D eigenvalue weighted by molar-refractivity contribution is -0.125. The Balaban J connectivity index is 1.72. The number of aromatic nitrogens is 2. The van der Waals surface area contributed by atoms with Crippen LogP contribution in [-0.4, -0.2) is 34.2 Å². The Hall–Kier alpha value is -1.99. The van der Waals surface area contributed by atoms with Crippen LogP contribution in [0, 0.1) is 18.3 Å². The molecule has 0 N–H and O–H groups in total. The van der Waals surface area contributed by atoms with Crippen LogP contribution in [0.2, 0.25) is 0 Å². The van der Waals surface area contributed by atoms with Crippen molar-refractivity contribution in [1.82, 2.24) is 9.97 Å². The summed E-state index contributed by atoms with van der Waals surface area (Å²) in [5.74, 6) is 0.855. The van der Waals surface area contributed by atoms with E-state index in [-0.39, 0.29) is 11.8 Å². The van der Waals surface area contributed by atoms with Crippen LogP contribution in [0.25, 0.3) is 0 Å². The van der Waals surface area contributed by atoms with Crippen molar-refractivity contribution in [1.29, 1.82) is 0 Å². The Kier molecular flexibility index (Phi) is 4.15. The topological polar surface area (TPSA) is 64.6 Å². The number of nitrogens with zero attached hydrogens (tertiary/aromatic N) is 3. The molecule has 7 heteroatoms. The van der Waals surface area contributed by atoms with E-state index in [1.54, 1.807) is 17.3 Å². The summed E-state index contributed by atoms with van der Waals surface area (Å²) >= 11 is 0. The molecule has 1 aromatic heterocycles. The molecule has 1 unspecified atom stereocenters. The van der Waals surface area contributed by atoms with Gasteiger partial charge in [-0.25, -0.2) is 9.97 Å². The Morgan fingerprint density at radius 3 is 2.21 bits per heavy atom. The van der Waals surface area contributed by atoms with Crippen LogP contribution in [0.3, 0.4) is 0 Å². The molecule has 1 amide bonds. The van der Waals surface area contributed by atoms with Crippen LogP contribution >= 0.6 is 0 Å². The van der Waals surface area contributed by atoms with Gasteiger partial charge in [0.05, 0.1) is 34.7 Å². The maximum atomic E-state index is 13.3. The number of carbonyl (C=O) groups excluding carboxylic acids is 1. The van der Waals surface area contributed by atoms with E-state index in [4.69, 9.17) is 9.31 Å². The molecule has 2 fully saturated rings. The van der Waals surface area contributed by atoms with E-state index in [0.717, 1.165) is 17.6 Å². The van der Waals surface area contributed by atoms with Crippen LogP contribution in [0.4, 0.5) is 5.69 Å². The third-order valence-electron chi connectivity index (χ3n) is 6.70. The summed E-state index contributed by atoms with van der Waals surface area (Å²) < 4.78 is 12.4. The standard InChI is InChI=1S/C21H28BN3O3/c1-13-23-11-15(12-24-13)25-17-10-14(8-9-16(17)19(2,3)18(25)26)22-27-20(4,5)21(6,7)28-22/h8,10-12,16H,9H2,1-7H3. The molecule has 0 radical (unpaired) electrons. The van der Waals surface area contributed by atoms with Gasteiger partial charge in [0, 0.05) is 11.6 Å². The summed E-state index contributed by atoms with van der Waals surface area (Å²) in [5.41, 5.74) is 1.34. The van der Waals surface area contributed by atoms with Crippen LogP contribution < -0.4 is 4.90 Å². The molecule has 0 aromatic carbocycles. The average molecular weight is 381 g/mol. The molecule has 1 aromatic rings. The maximum Gasteiger partial charge on any atom is 0.494 e. The summed E-state index contributed by atoms with van der Waals surface area (Å²) in [4.78, 5) is 23.6. The number of hydrogen-bond acceptors (Lipinski definition) is 5. The Morgan fingerprint density at radius 2 is 1.64 bits per heavy atom. The van der Waals surface area contributed by atoms with Crippen molar-refractivity contribution in [2.45, 2.75) is 66.1 Å². The molecule has 4 rings (SSSR count). The zero-order chi connectivity index (χ0) is 20.5. The smallest absolute Gasteiger partial charge is 0.399 e. The lowest BCUT2D eigenvalue weighted by Gasteiger charge is -2.32. The molecule has 2 saturated heterocycles. The number of allylic oxidation sites excluding steroid dienone is 4. The number of amides is 1. The van der Waals surface area contributed by atoms with E-state index in [2.05, 4.69) is 22.1 Å². The molecule has 6 nitrogen and oxygen atoms in total. The normalized spacial score (nSPS) is 27.5. The monoisotopic (exact) mass is 381 g/mol. The van der Waals surface area contributed by atoms with E-state index < -0.39 is 23.7 Å². The fourth-order valence-electron chi connectivity index (χ4n) is 4.06. The van der Waals surface area contributed by atoms with Gasteiger partial charge in [0.2, 0.25) is 5.91 Å². The lowest BCUT2D eigenvalue weighted by Crippen LogP contribution is -2.41. The van der Waals surface area contributed by atoms with Crippen molar-refractivity contribution in [3.8, 4) is 0 Å². The van der Waals surface area contributed by atoms with Gasteiger partial charge in [-0.15, -0.1) is 0 Å². The van der Waals surface area contributed by atoms with Gasteiger partial charge in [-0.05, 0) is 52.6 Å². The molecule has 3 heterocycles. The van der Waals surface area contributed by atoms with Crippen molar-refractivity contribution < 1.29 is 14.1 Å². The van der Waals surface area contributed by atoms with Gasteiger partial charge in [0.25, 0.3) is 0 Å². The molecule has 28 heavy (non-hydrogen) atoms. The fourth-order valence-corrected chi connectivity index (χ4v) is 4.06. The van der Waals surface area contributed by atoms with Crippen molar-refractivity contribution in [3.05, 3.63) is 41.5 Å². The van der Waals surface area contributed by atoms with Gasteiger partial charge in [-0.2, -0.15) is 0 Å². The van der Waals surface area contributed by atoms with Crippen molar-refractivity contribution >= 4 is 18.7 Å². The van der Waals surface area contributed by atoms with Gasteiger partial charge in [0.1, 0.15) is 5.82 Å². The first-order chi connectivity index (χ1) is 12.9. The second-order valence-electron chi connectivity index (χ2n) is 9.50. The minimum atomic E-state index is -0.491. The highest BCUT2D eigenvalue weighted by atomic mass is 16.7. The molecule has 1 aliphatic carbocycles. The highest BCUT2D eigenvalue weighted by molar-refractivity contribution is 6.55. The van der Waals surface area contributed by atoms with E-state index in [1.807, 2.05) is 48.5 Å². The van der Waals surface area contributed by atoms with E-state index in [1.165, 1.54) is 0 Å². The first-order valence-corrected chi connectivity index (χ1v) is 9.84. The van der Waals surface area contributed by atoms with Crippen LogP contribution in [0.15, 0.2) is 35.7 Å². The lowest BCUT2D eigenvalue weighted by atomic mass is 9.69. The molecule has 148 valence electrons. The summed E-state index contributed by atoms with van der Waals surface area (Å²) in [6.07, 6.45) is 8.41. The molecular weight excluding hydrogens is 353 g/mol. The zero-order valence-electron chi connectivity index (χ0n) is 17.7. The first kappa shape index (κ1) is 19.3. The number of carbonyl (C=O) groups is 1. The molecule has 2 aliphatic heterocycles. The second kappa shape index (κ2) is 6.00. The first-order valence-electron chi connectivity index (χ1n) is 9.84. The molecule has 3 aliphatic rings. The number of anilines is 1. The van der Waals surface area contributed by atoms with E-state index in [0.29, 0.717) is 11.5 Å². The molecular formula is C21H28BN3O3. The molecule has 0 bridgehead atoms. The second-order valence-corrected chi connectivity index (χ2v) is 9.50. The van der Waals surface area contributed by atoms with Gasteiger partial charge >= 0.3 is 7.12 Å². The SMILES string of the molecule is Cc1ncc(N2C(=O)C(C)(C)C3CC=C(B4OC(C)(C)C(C)(C)O4)C=C32)cn1. The van der Waals surface area contributed by atoms with Crippen molar-refractivity contribution in [2.75, 3.05) is 4.90 Å². The fraction of sp³-hybridized carbons (Fsp3) is 0.571. The number of aryl methyl sites for hydroxylation is 1. The molecule has 1 atom stereocenters.